The van der Waals surface area contributed by atoms with Crippen LogP contribution in [0.2, 0.25) is 0 Å². The van der Waals surface area contributed by atoms with Gasteiger partial charge in [0.05, 0.1) is 6.04 Å². The van der Waals surface area contributed by atoms with Crippen LogP contribution in [0.3, 0.4) is 0 Å². The molecule has 2 rings (SSSR count). The molecule has 3 N–H and O–H groups in total. The monoisotopic (exact) mass is 299 g/mol. The Balaban J connectivity index is 1.99. The first-order valence-electron chi connectivity index (χ1n) is 6.66. The van der Waals surface area contributed by atoms with Crippen molar-refractivity contribution < 1.29 is 4.79 Å². The summed E-state index contributed by atoms with van der Waals surface area (Å²) >= 11 is 3.30. The van der Waals surface area contributed by atoms with Gasteiger partial charge in [-0.3, -0.25) is 4.79 Å². The number of aromatic nitrogens is 1. The Bertz CT molecular complexity index is 433. The highest BCUT2D eigenvalue weighted by Crippen LogP contribution is 2.27. The molecule has 0 radical (unpaired) electrons. The van der Waals surface area contributed by atoms with Gasteiger partial charge in [-0.15, -0.1) is 11.3 Å². The van der Waals surface area contributed by atoms with E-state index in [4.69, 9.17) is 5.73 Å². The second-order valence-electron chi connectivity index (χ2n) is 5.00. The van der Waals surface area contributed by atoms with E-state index in [1.165, 1.54) is 30.6 Å². The molecule has 0 saturated heterocycles. The van der Waals surface area contributed by atoms with Crippen LogP contribution in [-0.4, -0.2) is 28.4 Å². The predicted molar refractivity (Wildman–Crippen MR) is 81.7 cm³/mol. The number of nitrogens with two attached hydrogens (primary N) is 1. The van der Waals surface area contributed by atoms with Crippen LogP contribution in [-0.2, 0) is 0 Å². The Kier molecular flexibility index (Phi) is 5.24. The van der Waals surface area contributed by atoms with Crippen LogP contribution in [0, 0.1) is 0 Å². The first kappa shape index (κ1) is 14.8. The van der Waals surface area contributed by atoms with Gasteiger partial charge in [-0.1, -0.05) is 12.8 Å². The van der Waals surface area contributed by atoms with E-state index in [1.54, 1.807) is 5.38 Å². The largest absolute Gasteiger partial charge is 0.347 e. The Morgan fingerprint density at radius 3 is 2.95 bits per heavy atom. The van der Waals surface area contributed by atoms with Crippen molar-refractivity contribution in [1.82, 2.24) is 10.3 Å². The topological polar surface area (TPSA) is 68.0 Å². The van der Waals surface area contributed by atoms with E-state index in [0.717, 1.165) is 11.4 Å². The first-order valence-corrected chi connectivity index (χ1v) is 8.83. The third kappa shape index (κ3) is 3.70. The summed E-state index contributed by atoms with van der Waals surface area (Å²) in [6.45, 7) is 1.88. The van der Waals surface area contributed by atoms with Crippen LogP contribution in [0.1, 0.15) is 54.1 Å². The number of carbonyl (C=O) groups excluding carboxylic acids is 1. The first-order chi connectivity index (χ1) is 9.11. The summed E-state index contributed by atoms with van der Waals surface area (Å²) in [6, 6.07) is 0.164. The number of amides is 1. The summed E-state index contributed by atoms with van der Waals surface area (Å²) in [6.07, 6.45) is 6.84. The highest BCUT2D eigenvalue weighted by molar-refractivity contribution is 7.99. The van der Waals surface area contributed by atoms with Crippen LogP contribution in [0.5, 0.6) is 0 Å². The maximum Gasteiger partial charge on any atom is 0.271 e. The third-order valence-corrected chi connectivity index (χ3v) is 5.68. The van der Waals surface area contributed by atoms with Gasteiger partial charge in [-0.2, -0.15) is 11.8 Å². The lowest BCUT2D eigenvalue weighted by molar-refractivity contribution is 0.0925. The van der Waals surface area contributed by atoms with E-state index >= 15 is 0 Å². The SMILES string of the molecule is CSC1CCCCC1NC(=O)c1csc(C(C)N)n1. The van der Waals surface area contributed by atoms with E-state index in [-0.39, 0.29) is 18.0 Å². The zero-order valence-corrected chi connectivity index (χ0v) is 13.0. The average Bonchev–Trinajstić information content (AvgIpc) is 2.89. The number of hydrogen-bond donors (Lipinski definition) is 2. The van der Waals surface area contributed by atoms with Gasteiger partial charge in [0.2, 0.25) is 0 Å². The zero-order chi connectivity index (χ0) is 13.8. The molecule has 1 saturated carbocycles. The Hall–Kier alpha value is -0.590. The molecule has 1 fully saturated rings. The fourth-order valence-corrected chi connectivity index (χ4v) is 4.08. The molecule has 1 amide bonds. The van der Waals surface area contributed by atoms with Gasteiger partial charge in [-0.05, 0) is 26.0 Å². The fraction of sp³-hybridized carbons (Fsp3) is 0.692. The lowest BCUT2D eigenvalue weighted by Gasteiger charge is -2.30. The van der Waals surface area contributed by atoms with Crippen molar-refractivity contribution in [2.45, 2.75) is 49.9 Å². The van der Waals surface area contributed by atoms with Gasteiger partial charge >= 0.3 is 0 Å². The molecular formula is C13H21N3OS2. The molecule has 1 aromatic rings. The minimum absolute atomic E-state index is 0.0610. The summed E-state index contributed by atoms with van der Waals surface area (Å²) in [4.78, 5) is 16.5. The predicted octanol–water partition coefficient (Wildman–Crippen LogP) is 2.57. The molecule has 4 nitrogen and oxygen atoms in total. The molecule has 0 bridgehead atoms. The summed E-state index contributed by atoms with van der Waals surface area (Å²) in [5.41, 5.74) is 6.27. The Labute approximate surface area is 122 Å². The van der Waals surface area contributed by atoms with Crippen molar-refractivity contribution >= 4 is 29.0 Å². The molecule has 19 heavy (non-hydrogen) atoms. The summed E-state index contributed by atoms with van der Waals surface area (Å²) < 4.78 is 0. The quantitative estimate of drug-likeness (QED) is 0.896. The van der Waals surface area contributed by atoms with Crippen LogP contribution >= 0.6 is 23.1 Å². The van der Waals surface area contributed by atoms with Crippen molar-refractivity contribution in [2.75, 3.05) is 6.26 Å². The van der Waals surface area contributed by atoms with E-state index in [2.05, 4.69) is 16.6 Å². The Morgan fingerprint density at radius 2 is 2.32 bits per heavy atom. The van der Waals surface area contributed by atoms with Crippen molar-refractivity contribution in [1.29, 1.82) is 0 Å². The molecule has 0 aromatic carbocycles. The molecule has 1 aliphatic rings. The van der Waals surface area contributed by atoms with Crippen LogP contribution in [0.4, 0.5) is 0 Å². The number of thioether (sulfide) groups is 1. The van der Waals surface area contributed by atoms with Gasteiger partial charge in [0.15, 0.2) is 0 Å². The summed E-state index contributed by atoms with van der Waals surface area (Å²) in [7, 11) is 0. The number of carbonyl (C=O) groups is 1. The van der Waals surface area contributed by atoms with Crippen LogP contribution in [0.15, 0.2) is 5.38 Å². The summed E-state index contributed by atoms with van der Waals surface area (Å²) in [5, 5.41) is 6.28. The van der Waals surface area contributed by atoms with Crippen LogP contribution in [0.25, 0.3) is 0 Å². The zero-order valence-electron chi connectivity index (χ0n) is 11.4. The minimum Gasteiger partial charge on any atom is -0.347 e. The lowest BCUT2D eigenvalue weighted by atomic mass is 9.95. The van der Waals surface area contributed by atoms with Crippen LogP contribution < -0.4 is 11.1 Å². The van der Waals surface area contributed by atoms with Gasteiger partial charge in [-0.25, -0.2) is 4.98 Å². The molecule has 6 heteroatoms. The van der Waals surface area contributed by atoms with Gasteiger partial charge < -0.3 is 11.1 Å². The smallest absolute Gasteiger partial charge is 0.271 e. The highest BCUT2D eigenvalue weighted by Gasteiger charge is 2.26. The number of hydrogen-bond acceptors (Lipinski definition) is 5. The fourth-order valence-electron chi connectivity index (χ4n) is 2.39. The molecule has 1 aromatic heterocycles. The number of rotatable bonds is 4. The number of nitrogens with one attached hydrogen (secondary N) is 1. The lowest BCUT2D eigenvalue weighted by Crippen LogP contribution is -2.43. The summed E-state index contributed by atoms with van der Waals surface area (Å²) in [5.74, 6) is -0.0610. The normalized spacial score (nSPS) is 25.0. The van der Waals surface area contributed by atoms with Crippen molar-refractivity contribution in [3.05, 3.63) is 16.1 Å². The Morgan fingerprint density at radius 1 is 1.58 bits per heavy atom. The standard InChI is InChI=1S/C13H21N3OS2/c1-8(14)13-16-10(7-19-13)12(17)15-9-5-3-4-6-11(9)18-2/h7-9,11H,3-6,14H2,1-2H3,(H,15,17). The number of thiazole rings is 1. The molecule has 106 valence electrons. The second-order valence-corrected chi connectivity index (χ2v) is 6.96. The maximum atomic E-state index is 12.2. The molecule has 3 atom stereocenters. The number of nitrogens with zero attached hydrogens (tertiary/aromatic N) is 1. The molecule has 0 spiro atoms. The maximum absolute atomic E-state index is 12.2. The second kappa shape index (κ2) is 6.72. The third-order valence-electron chi connectivity index (χ3n) is 3.47. The van der Waals surface area contributed by atoms with Crippen molar-refractivity contribution in [2.24, 2.45) is 5.73 Å². The minimum atomic E-state index is -0.111. The molecular weight excluding hydrogens is 278 g/mol. The van der Waals surface area contributed by atoms with E-state index < -0.39 is 0 Å². The highest BCUT2D eigenvalue weighted by atomic mass is 32.2. The van der Waals surface area contributed by atoms with Gasteiger partial charge in [0, 0.05) is 16.7 Å². The molecule has 1 heterocycles. The average molecular weight is 299 g/mol. The van der Waals surface area contributed by atoms with Gasteiger partial charge in [0.25, 0.3) is 5.91 Å². The van der Waals surface area contributed by atoms with E-state index in [9.17, 15) is 4.79 Å². The van der Waals surface area contributed by atoms with Crippen molar-refractivity contribution in [3.8, 4) is 0 Å². The molecule has 3 unspecified atom stereocenters. The molecule has 0 aliphatic heterocycles. The van der Waals surface area contributed by atoms with Gasteiger partial charge in [0.1, 0.15) is 10.7 Å². The van der Waals surface area contributed by atoms with E-state index in [0.29, 0.717) is 10.9 Å². The molecule has 1 aliphatic carbocycles. The van der Waals surface area contributed by atoms with E-state index in [1.807, 2.05) is 18.7 Å². The van der Waals surface area contributed by atoms with Crippen molar-refractivity contribution in [3.63, 3.8) is 0 Å².